The third-order valence-corrected chi connectivity index (χ3v) is 3.45. The van der Waals surface area contributed by atoms with Crippen molar-refractivity contribution in [1.29, 1.82) is 0 Å². The molecule has 1 rings (SSSR count). The molecule has 0 spiro atoms. The van der Waals surface area contributed by atoms with E-state index >= 15 is 0 Å². The van der Waals surface area contributed by atoms with Gasteiger partial charge in [0, 0.05) is 0 Å². The Morgan fingerprint density at radius 3 is 2.20 bits per heavy atom. The van der Waals surface area contributed by atoms with Crippen molar-refractivity contribution in [2.24, 2.45) is 0 Å². The van der Waals surface area contributed by atoms with Gasteiger partial charge in [-0.05, 0) is 0 Å². The molecule has 10 heavy (non-hydrogen) atoms. The minimum atomic E-state index is -0.0683. The molecular formula is C8H11NTe. The van der Waals surface area contributed by atoms with E-state index in [1.165, 1.54) is 3.61 Å². The molecule has 0 unspecified atom stereocenters. The zero-order chi connectivity index (χ0) is 7.40. The summed E-state index contributed by atoms with van der Waals surface area (Å²) in [5.41, 5.74) is 0. The van der Waals surface area contributed by atoms with Crippen LogP contribution in [0.25, 0.3) is 0 Å². The molecule has 0 atom stereocenters. The molecule has 0 bridgehead atoms. The van der Waals surface area contributed by atoms with Gasteiger partial charge in [-0.25, -0.2) is 0 Å². The molecule has 0 aliphatic heterocycles. The van der Waals surface area contributed by atoms with Crippen LogP contribution in [0.15, 0.2) is 30.3 Å². The van der Waals surface area contributed by atoms with Gasteiger partial charge in [0.1, 0.15) is 0 Å². The van der Waals surface area contributed by atoms with Crippen molar-refractivity contribution in [3.05, 3.63) is 30.3 Å². The first kappa shape index (κ1) is 8.07. The van der Waals surface area contributed by atoms with Crippen molar-refractivity contribution in [2.45, 2.75) is 0 Å². The Bertz CT molecular complexity index is 184. The molecule has 2 heteroatoms. The van der Waals surface area contributed by atoms with Gasteiger partial charge in [-0.15, -0.1) is 0 Å². The summed E-state index contributed by atoms with van der Waals surface area (Å²) >= 11 is -0.0683. The fourth-order valence-electron chi connectivity index (χ4n) is 0.692. The molecule has 0 saturated carbocycles. The van der Waals surface area contributed by atoms with Crippen LogP contribution in [0.4, 0.5) is 0 Å². The SMILES string of the molecule is CN(C)[Te]c1ccccc1. The third kappa shape index (κ3) is 2.70. The molecule has 1 nitrogen and oxygen atoms in total. The zero-order valence-corrected chi connectivity index (χ0v) is 8.57. The maximum absolute atomic E-state index is 2.29. The molecule has 0 N–H and O–H groups in total. The van der Waals surface area contributed by atoms with Crippen LogP contribution in [0.3, 0.4) is 0 Å². The van der Waals surface area contributed by atoms with Crippen molar-refractivity contribution in [3.8, 4) is 0 Å². The summed E-state index contributed by atoms with van der Waals surface area (Å²) in [6.07, 6.45) is 0. The molecule has 54 valence electrons. The number of hydrogen-bond donors (Lipinski definition) is 0. The number of nitrogens with zero attached hydrogens (tertiary/aromatic N) is 1. The molecule has 0 aliphatic carbocycles. The molecule has 0 aliphatic rings. The average molecular weight is 249 g/mol. The predicted molar refractivity (Wildman–Crippen MR) is 45.5 cm³/mol. The summed E-state index contributed by atoms with van der Waals surface area (Å²) < 4.78 is 3.79. The van der Waals surface area contributed by atoms with E-state index in [1.54, 1.807) is 0 Å². The van der Waals surface area contributed by atoms with Crippen LogP contribution < -0.4 is 3.61 Å². The molecule has 0 amide bonds. The van der Waals surface area contributed by atoms with Crippen LogP contribution in [-0.2, 0) is 0 Å². The molecule has 0 saturated heterocycles. The van der Waals surface area contributed by atoms with Gasteiger partial charge in [-0.3, -0.25) is 0 Å². The summed E-state index contributed by atoms with van der Waals surface area (Å²) in [4.78, 5) is 0. The first-order valence-electron chi connectivity index (χ1n) is 3.19. The van der Waals surface area contributed by atoms with Gasteiger partial charge in [0.2, 0.25) is 0 Å². The van der Waals surface area contributed by atoms with Crippen LogP contribution >= 0.6 is 0 Å². The van der Waals surface area contributed by atoms with Gasteiger partial charge in [0.05, 0.1) is 0 Å². The third-order valence-electron chi connectivity index (χ3n) is 1.03. The van der Waals surface area contributed by atoms with E-state index < -0.39 is 0 Å². The van der Waals surface area contributed by atoms with Gasteiger partial charge >= 0.3 is 72.4 Å². The maximum atomic E-state index is 2.29. The Labute approximate surface area is 72.5 Å². The van der Waals surface area contributed by atoms with Crippen LogP contribution in [-0.4, -0.2) is 38.4 Å². The number of benzene rings is 1. The van der Waals surface area contributed by atoms with E-state index in [0.29, 0.717) is 0 Å². The van der Waals surface area contributed by atoms with Crippen molar-refractivity contribution in [3.63, 3.8) is 0 Å². The number of rotatable bonds is 2. The van der Waals surface area contributed by atoms with Crippen molar-refractivity contribution in [1.82, 2.24) is 3.15 Å². The van der Waals surface area contributed by atoms with E-state index in [0.717, 1.165) is 0 Å². The minimum absolute atomic E-state index is 0.0683. The Balaban J connectivity index is 2.59. The fourth-order valence-corrected chi connectivity index (χ4v) is 2.69. The Hall–Kier alpha value is -0.0304. The average Bonchev–Trinajstić information content (AvgIpc) is 1.88. The standard InChI is InChI=1S/C8H11NTe/c1-9(2)10-8-6-4-3-5-7-8/h3-7H,1-2H3. The van der Waals surface area contributed by atoms with E-state index in [9.17, 15) is 0 Å². The predicted octanol–water partition coefficient (Wildman–Crippen LogP) is 0.493. The van der Waals surface area contributed by atoms with E-state index in [2.05, 4.69) is 47.6 Å². The second kappa shape index (κ2) is 3.98. The van der Waals surface area contributed by atoms with Crippen LogP contribution in [0.5, 0.6) is 0 Å². The van der Waals surface area contributed by atoms with Gasteiger partial charge in [0.25, 0.3) is 0 Å². The molecule has 0 aromatic heterocycles. The fraction of sp³-hybridized carbons (Fsp3) is 0.250. The van der Waals surface area contributed by atoms with Gasteiger partial charge in [-0.2, -0.15) is 0 Å². The molecule has 0 radical (unpaired) electrons. The normalized spacial score (nSPS) is 10.3. The summed E-state index contributed by atoms with van der Waals surface area (Å²) in [6.45, 7) is 0. The quantitative estimate of drug-likeness (QED) is 0.689. The second-order valence-electron chi connectivity index (χ2n) is 2.22. The van der Waals surface area contributed by atoms with E-state index in [1.807, 2.05) is 0 Å². The summed E-state index contributed by atoms with van der Waals surface area (Å²) in [7, 11) is 4.27. The molecule has 1 aromatic rings. The van der Waals surface area contributed by atoms with E-state index in [4.69, 9.17) is 0 Å². The monoisotopic (exact) mass is 251 g/mol. The Morgan fingerprint density at radius 2 is 1.70 bits per heavy atom. The van der Waals surface area contributed by atoms with Crippen LogP contribution in [0.2, 0.25) is 0 Å². The topological polar surface area (TPSA) is 3.24 Å². The summed E-state index contributed by atoms with van der Waals surface area (Å²) in [5.74, 6) is 0. The van der Waals surface area contributed by atoms with E-state index in [-0.39, 0.29) is 21.2 Å². The van der Waals surface area contributed by atoms with Crippen molar-refractivity contribution in [2.75, 3.05) is 14.1 Å². The van der Waals surface area contributed by atoms with Crippen molar-refractivity contribution >= 4 is 24.8 Å². The van der Waals surface area contributed by atoms with Crippen molar-refractivity contribution < 1.29 is 0 Å². The van der Waals surface area contributed by atoms with Gasteiger partial charge in [0.15, 0.2) is 0 Å². The van der Waals surface area contributed by atoms with Crippen LogP contribution in [0.1, 0.15) is 0 Å². The Morgan fingerprint density at radius 1 is 1.10 bits per heavy atom. The number of hydrogen-bond acceptors (Lipinski definition) is 1. The summed E-state index contributed by atoms with van der Waals surface area (Å²) in [6, 6.07) is 10.7. The molecule has 0 fully saturated rings. The first-order valence-corrected chi connectivity index (χ1v) is 5.40. The Kier molecular flexibility index (Phi) is 3.21. The summed E-state index contributed by atoms with van der Waals surface area (Å²) in [5, 5.41) is 0. The zero-order valence-electron chi connectivity index (χ0n) is 6.24. The van der Waals surface area contributed by atoms with Gasteiger partial charge < -0.3 is 0 Å². The molecular weight excluding hydrogens is 238 g/mol. The van der Waals surface area contributed by atoms with Gasteiger partial charge in [-0.1, -0.05) is 0 Å². The second-order valence-corrected chi connectivity index (χ2v) is 6.17. The molecule has 1 aromatic carbocycles. The molecule has 0 heterocycles. The first-order chi connectivity index (χ1) is 4.79. The van der Waals surface area contributed by atoms with Crippen LogP contribution in [0, 0.1) is 0 Å².